The van der Waals surface area contributed by atoms with E-state index in [2.05, 4.69) is 90.3 Å². The van der Waals surface area contributed by atoms with E-state index in [9.17, 15) is 25.5 Å². The van der Waals surface area contributed by atoms with Crippen LogP contribution in [0.1, 0.15) is 218 Å². The van der Waals surface area contributed by atoms with E-state index in [4.69, 9.17) is 10.5 Å². The molecule has 11 heteroatoms. The lowest BCUT2D eigenvalue weighted by Crippen LogP contribution is -2.73. The third-order valence-corrected chi connectivity index (χ3v) is 25.5. The van der Waals surface area contributed by atoms with Gasteiger partial charge in [0.1, 0.15) is 17.6 Å². The van der Waals surface area contributed by atoms with Gasteiger partial charge >= 0.3 is 0 Å². The second-order valence-electron chi connectivity index (χ2n) is 31.8. The molecule has 2 heterocycles. The molecular weight excluding hydrogens is 1030 g/mol. The number of ketones is 2. The van der Waals surface area contributed by atoms with Crippen molar-refractivity contribution in [2.75, 3.05) is 32.5 Å². The molecule has 83 heavy (non-hydrogen) atoms. The number of hydrogen-bond acceptors (Lipinski definition) is 11. The number of ether oxygens (including phenoxy) is 1. The molecule has 11 rings (SSSR count). The summed E-state index contributed by atoms with van der Waals surface area (Å²) < 4.78 is 6.94. The molecule has 7 aliphatic carbocycles. The van der Waals surface area contributed by atoms with E-state index >= 15 is 9.59 Å². The van der Waals surface area contributed by atoms with E-state index in [0.717, 1.165) is 112 Å². The molecule has 9 aliphatic rings. The zero-order valence-electron chi connectivity index (χ0n) is 52.7. The molecular formula is C72H109N3O8. The lowest BCUT2D eigenvalue weighted by atomic mass is 9.31. The van der Waals surface area contributed by atoms with Gasteiger partial charge in [-0.15, -0.1) is 0 Å². The Morgan fingerprint density at radius 3 is 2.33 bits per heavy atom. The molecule has 0 aromatic heterocycles. The number of rotatable bonds is 15. The van der Waals surface area contributed by atoms with Crippen LogP contribution < -0.4 is 16.4 Å². The summed E-state index contributed by atoms with van der Waals surface area (Å²) in [5, 5.41) is 68.0. The zero-order chi connectivity index (χ0) is 59.3. The average Bonchev–Trinajstić information content (AvgIpc) is 1.65. The van der Waals surface area contributed by atoms with Crippen molar-refractivity contribution in [1.29, 1.82) is 0 Å². The first-order valence-electron chi connectivity index (χ1n) is 33.6. The Balaban J connectivity index is 1.06. The number of aliphatic hydroxyl groups excluding tert-OH is 3. The molecule has 0 amide bonds. The summed E-state index contributed by atoms with van der Waals surface area (Å²) in [6.45, 7) is 21.6. The number of nitrogen functional groups attached to an aromatic ring is 1. The third kappa shape index (κ3) is 10.7. The number of nitrogens with one attached hydrogen (secondary N) is 2. The first-order valence-corrected chi connectivity index (χ1v) is 33.6. The minimum Gasteiger partial charge on any atom is -0.508 e. The number of carbonyl (C=O) groups is 2. The number of anilines is 1. The van der Waals surface area contributed by atoms with Crippen molar-refractivity contribution < 1.29 is 39.9 Å². The van der Waals surface area contributed by atoms with Crippen LogP contribution in [0.5, 0.6) is 5.75 Å². The van der Waals surface area contributed by atoms with Gasteiger partial charge in [0.15, 0.2) is 5.78 Å². The maximum absolute atomic E-state index is 16.2. The van der Waals surface area contributed by atoms with Gasteiger partial charge in [0.25, 0.3) is 0 Å². The number of aromatic hydroxyl groups is 1. The molecule has 20 atom stereocenters. The van der Waals surface area contributed by atoms with Crippen LogP contribution in [0, 0.1) is 86.8 Å². The molecule has 4 bridgehead atoms. The number of phenols is 1. The van der Waals surface area contributed by atoms with Crippen molar-refractivity contribution in [2.45, 2.75) is 239 Å². The van der Waals surface area contributed by atoms with Crippen molar-refractivity contribution in [3.05, 3.63) is 69.8 Å². The normalized spacial score (nSPS) is 43.0. The van der Waals surface area contributed by atoms with Gasteiger partial charge in [-0.05, 0) is 251 Å². The number of aliphatic hydroxyl groups is 4. The van der Waals surface area contributed by atoms with Gasteiger partial charge in [0.05, 0.1) is 17.3 Å². The number of benzene rings is 2. The number of carbonyl (C=O) groups excluding carboxylic acids is 2. The number of epoxide rings is 1. The van der Waals surface area contributed by atoms with E-state index in [1.807, 2.05) is 20.0 Å². The number of fused-ring (bicyclic) bond motifs is 2. The number of Topliss-reactive ketones (excluding diaryl/α,β-unsaturated/α-hetero) is 2. The van der Waals surface area contributed by atoms with Gasteiger partial charge in [0.2, 0.25) is 0 Å². The number of nitrogens with two attached hydrogens (primary N) is 1. The van der Waals surface area contributed by atoms with Gasteiger partial charge in [0, 0.05) is 61.2 Å². The number of phenolic OH excluding ortho intramolecular Hbond substituents is 1. The molecule has 460 valence electrons. The Bertz CT molecular complexity index is 2760. The number of β-amino-alcohol motifs (C(OH)–C–C–N with tert-alkyl or cyclic N) is 1. The van der Waals surface area contributed by atoms with Gasteiger partial charge < -0.3 is 46.6 Å². The third-order valence-electron chi connectivity index (χ3n) is 25.5. The Morgan fingerprint density at radius 2 is 1.60 bits per heavy atom. The standard InChI is InChI=1S/C72H109N3O8/c1-41(2)16-18-47-30-46-19-17-43(38-76)29-53(46)54(33-60(79)66-71(9,83-66)56-15-13-14-52(56)48-25-44(24-42(3)4)27-50(73)31-48)63-57-20-21-62-69(7)34-55(49-26-45(37-74-10)28-51(78)32-49)65(81)68(6)23-12-11-22-67(5,82)40-75-59(64(68)69)35-72(62,58(47)39-77)70(57,8)36-61(63)80/h25-28,31-32,41-43,46-47,52-56,58-60,62,64,66,74-79,82H,11-24,29-30,33-40,73H2,1-10H3. The fraction of sp³-hybridized carbons (Fsp3) is 0.778. The van der Waals surface area contributed by atoms with Crippen molar-refractivity contribution in [3.63, 3.8) is 0 Å². The Labute approximate surface area is 498 Å². The highest BCUT2D eigenvalue weighted by Gasteiger charge is 2.76. The first-order chi connectivity index (χ1) is 39.3. The van der Waals surface area contributed by atoms with Crippen LogP contribution in [0.3, 0.4) is 0 Å². The fourth-order valence-electron chi connectivity index (χ4n) is 22.3. The molecule has 2 saturated heterocycles. The average molecular weight is 1140 g/mol. The van der Waals surface area contributed by atoms with Crippen LogP contribution in [0.4, 0.5) is 5.69 Å². The lowest BCUT2D eigenvalue weighted by Gasteiger charge is -2.74. The van der Waals surface area contributed by atoms with E-state index < -0.39 is 44.9 Å². The largest absolute Gasteiger partial charge is 0.508 e. The Hall–Kier alpha value is -3.16. The maximum atomic E-state index is 16.2. The minimum absolute atomic E-state index is 0.00354. The number of allylic oxidation sites excluding steroid dienone is 2. The lowest BCUT2D eigenvalue weighted by molar-refractivity contribution is -0.233. The highest BCUT2D eigenvalue weighted by Crippen LogP contribution is 2.79. The van der Waals surface area contributed by atoms with Gasteiger partial charge in [-0.2, -0.15) is 0 Å². The fourth-order valence-corrected chi connectivity index (χ4v) is 22.3. The Morgan fingerprint density at radius 1 is 0.843 bits per heavy atom. The van der Waals surface area contributed by atoms with Gasteiger partial charge in [-0.25, -0.2) is 0 Å². The topological polar surface area (TPSA) is 198 Å². The van der Waals surface area contributed by atoms with Gasteiger partial charge in [-0.1, -0.05) is 91.9 Å². The second kappa shape index (κ2) is 23.1. The summed E-state index contributed by atoms with van der Waals surface area (Å²) in [6.07, 6.45) is 15.2. The molecule has 11 nitrogen and oxygen atoms in total. The van der Waals surface area contributed by atoms with E-state index in [1.165, 1.54) is 16.7 Å². The van der Waals surface area contributed by atoms with E-state index in [1.54, 1.807) is 6.07 Å². The van der Waals surface area contributed by atoms with E-state index in [0.29, 0.717) is 63.5 Å². The highest BCUT2D eigenvalue weighted by molar-refractivity contribution is 6.01. The molecule has 2 aliphatic heterocycles. The molecule has 0 radical (unpaired) electrons. The van der Waals surface area contributed by atoms with Crippen LogP contribution in [0.15, 0.2) is 47.5 Å². The molecule has 9 N–H and O–H groups in total. The predicted molar refractivity (Wildman–Crippen MR) is 329 cm³/mol. The summed E-state index contributed by atoms with van der Waals surface area (Å²) >= 11 is 0. The SMILES string of the molecule is CNCc1cc(O)cc(C2CC3(C)C4C(CC56C(CO)C(CCC(C)C)CC7CCC(CO)CC7C(CC(O)C7OC7(C)C7CCCC7c7cc(N)cc(CC(C)C)c7)C7=C(CCC35)C6(C)CC7=O)NCC(C)(O)CCCCC4(C)C2=O)c1. The smallest absolute Gasteiger partial charge is 0.160 e. The van der Waals surface area contributed by atoms with Crippen LogP contribution in [-0.4, -0.2) is 93.4 Å². The minimum atomic E-state index is -0.960. The quantitative estimate of drug-likeness (QED) is 0.0624. The number of hydrogen-bond donors (Lipinski definition) is 8. The maximum Gasteiger partial charge on any atom is 0.160 e. The second-order valence-corrected chi connectivity index (χ2v) is 31.8. The van der Waals surface area contributed by atoms with Crippen LogP contribution >= 0.6 is 0 Å². The summed E-state index contributed by atoms with van der Waals surface area (Å²) in [6, 6.07) is 12.3. The van der Waals surface area contributed by atoms with Crippen molar-refractivity contribution in [2.24, 2.45) is 86.8 Å². The summed E-state index contributed by atoms with van der Waals surface area (Å²) in [5.41, 5.74) is 10.1. The van der Waals surface area contributed by atoms with Crippen LogP contribution in [0.25, 0.3) is 0 Å². The molecule has 20 unspecified atom stereocenters. The van der Waals surface area contributed by atoms with Crippen molar-refractivity contribution in [1.82, 2.24) is 10.6 Å². The monoisotopic (exact) mass is 1140 g/mol. The van der Waals surface area contributed by atoms with Crippen LogP contribution in [0.2, 0.25) is 0 Å². The van der Waals surface area contributed by atoms with Crippen molar-refractivity contribution in [3.8, 4) is 5.75 Å². The van der Waals surface area contributed by atoms with Gasteiger partial charge in [-0.3, -0.25) is 9.59 Å². The molecule has 2 aromatic rings. The zero-order valence-corrected chi connectivity index (χ0v) is 52.7. The molecule has 2 aromatic carbocycles. The molecule has 5 saturated carbocycles. The van der Waals surface area contributed by atoms with Crippen molar-refractivity contribution >= 4 is 17.3 Å². The molecule has 1 spiro atoms. The summed E-state index contributed by atoms with van der Waals surface area (Å²) in [7, 11) is 1.91. The summed E-state index contributed by atoms with van der Waals surface area (Å²) in [4.78, 5) is 32.3. The molecule has 7 fully saturated rings. The van der Waals surface area contributed by atoms with E-state index in [-0.39, 0.29) is 102 Å². The van der Waals surface area contributed by atoms with Crippen LogP contribution in [-0.2, 0) is 27.3 Å². The Kier molecular flexibility index (Phi) is 17.1. The first kappa shape index (κ1) is 61.5. The highest BCUT2D eigenvalue weighted by atomic mass is 16.6. The predicted octanol–water partition coefficient (Wildman–Crippen LogP) is 12.1. The summed E-state index contributed by atoms with van der Waals surface area (Å²) in [5.74, 6) is 1.75.